The highest BCUT2D eigenvalue weighted by molar-refractivity contribution is 6.04. The number of rotatable bonds is 2. The molecule has 1 aromatic carbocycles. The molecule has 1 fully saturated rings. The number of carbonyl (C=O) groups is 1. The topological polar surface area (TPSA) is 58.4 Å². The summed E-state index contributed by atoms with van der Waals surface area (Å²) < 4.78 is 5.10. The van der Waals surface area contributed by atoms with Gasteiger partial charge in [-0.3, -0.25) is 4.79 Å². The fourth-order valence-electron chi connectivity index (χ4n) is 2.09. The molecule has 2 aromatic rings. The Balaban J connectivity index is 1.81. The Bertz CT molecular complexity index is 558. The van der Waals surface area contributed by atoms with Crippen molar-refractivity contribution in [3.05, 3.63) is 30.0 Å². The van der Waals surface area contributed by atoms with Crippen molar-refractivity contribution in [2.45, 2.75) is 6.04 Å². The Morgan fingerprint density at radius 1 is 1.47 bits per heavy atom. The van der Waals surface area contributed by atoms with Crippen molar-refractivity contribution in [3.8, 4) is 0 Å². The van der Waals surface area contributed by atoms with Gasteiger partial charge in [0.1, 0.15) is 0 Å². The molecule has 0 aliphatic carbocycles. The van der Waals surface area contributed by atoms with Crippen LogP contribution in [0.2, 0.25) is 0 Å². The first-order chi connectivity index (χ1) is 8.24. The lowest BCUT2D eigenvalue weighted by Gasteiger charge is -2.36. The predicted octanol–water partition coefficient (Wildman–Crippen LogP) is 0.872. The van der Waals surface area contributed by atoms with Gasteiger partial charge in [-0.25, -0.2) is 0 Å². The Hall–Kier alpha value is -1.88. The van der Waals surface area contributed by atoms with Crippen LogP contribution in [0.15, 0.2) is 28.8 Å². The first-order valence-electron chi connectivity index (χ1n) is 5.58. The lowest BCUT2D eigenvalue weighted by Crippen LogP contribution is -2.57. The smallest absolute Gasteiger partial charge is 0.274 e. The second-order valence-corrected chi connectivity index (χ2v) is 4.42. The largest absolute Gasteiger partial charge is 0.355 e. The van der Waals surface area contributed by atoms with Gasteiger partial charge < -0.3 is 14.7 Å². The molecule has 1 aliphatic heterocycles. The second kappa shape index (κ2) is 3.85. The zero-order chi connectivity index (χ0) is 11.8. The van der Waals surface area contributed by atoms with Crippen molar-refractivity contribution in [1.29, 1.82) is 0 Å². The second-order valence-electron chi connectivity index (χ2n) is 4.42. The molecule has 2 heterocycles. The number of fused-ring (bicyclic) bond motifs is 1. The Kier molecular flexibility index (Phi) is 2.33. The highest BCUT2D eigenvalue weighted by Crippen LogP contribution is 2.18. The van der Waals surface area contributed by atoms with E-state index in [2.05, 4.69) is 15.4 Å². The van der Waals surface area contributed by atoms with Crippen molar-refractivity contribution in [3.63, 3.8) is 0 Å². The number of nitrogens with one attached hydrogen (secondary N) is 1. The van der Waals surface area contributed by atoms with Crippen molar-refractivity contribution >= 4 is 16.9 Å². The van der Waals surface area contributed by atoms with Gasteiger partial charge in [0, 0.05) is 13.1 Å². The van der Waals surface area contributed by atoms with Crippen LogP contribution < -0.4 is 5.32 Å². The van der Waals surface area contributed by atoms with Crippen molar-refractivity contribution in [2.24, 2.45) is 0 Å². The van der Waals surface area contributed by atoms with E-state index in [9.17, 15) is 4.79 Å². The van der Waals surface area contributed by atoms with Crippen LogP contribution in [0, 0.1) is 0 Å². The predicted molar refractivity (Wildman–Crippen MR) is 62.8 cm³/mol. The number of likely N-dealkylation sites (N-methyl/N-ethyl adjacent to an activating group) is 1. The van der Waals surface area contributed by atoms with Gasteiger partial charge in [0.2, 0.25) is 0 Å². The van der Waals surface area contributed by atoms with Crippen LogP contribution in [-0.4, -0.2) is 42.1 Å². The number of aromatic nitrogens is 1. The molecule has 5 nitrogen and oxygen atoms in total. The number of hydrogen-bond acceptors (Lipinski definition) is 4. The molecule has 1 aromatic heterocycles. The number of likely N-dealkylation sites (tertiary alicyclic amines) is 1. The molecule has 1 amide bonds. The molecule has 3 rings (SSSR count). The number of para-hydroxylation sites is 1. The summed E-state index contributed by atoms with van der Waals surface area (Å²) in [5.41, 5.74) is 1.01. The average Bonchev–Trinajstić information content (AvgIpc) is 2.70. The van der Waals surface area contributed by atoms with Crippen LogP contribution in [0.1, 0.15) is 10.5 Å². The molecule has 88 valence electrons. The maximum absolute atomic E-state index is 12.0. The first kappa shape index (κ1) is 10.3. The van der Waals surface area contributed by atoms with Gasteiger partial charge >= 0.3 is 0 Å². The van der Waals surface area contributed by atoms with Gasteiger partial charge in [-0.1, -0.05) is 17.3 Å². The third-order valence-corrected chi connectivity index (χ3v) is 2.99. The number of hydrogen-bond donors (Lipinski definition) is 1. The van der Waals surface area contributed by atoms with Crippen molar-refractivity contribution in [2.75, 3.05) is 20.1 Å². The van der Waals surface area contributed by atoms with Gasteiger partial charge in [0.15, 0.2) is 11.3 Å². The number of benzene rings is 1. The van der Waals surface area contributed by atoms with Gasteiger partial charge in [-0.2, -0.15) is 0 Å². The van der Waals surface area contributed by atoms with E-state index in [1.807, 2.05) is 25.2 Å². The molecule has 0 atom stereocenters. The lowest BCUT2D eigenvalue weighted by molar-refractivity contribution is 0.0850. The van der Waals surface area contributed by atoms with Gasteiger partial charge in [0.05, 0.1) is 11.4 Å². The third kappa shape index (κ3) is 1.78. The summed E-state index contributed by atoms with van der Waals surface area (Å²) in [4.78, 5) is 14.1. The summed E-state index contributed by atoms with van der Waals surface area (Å²) in [5.74, 6) is -0.159. The van der Waals surface area contributed by atoms with E-state index in [-0.39, 0.29) is 11.9 Å². The minimum atomic E-state index is -0.159. The minimum Gasteiger partial charge on any atom is -0.355 e. The van der Waals surface area contributed by atoms with Gasteiger partial charge in [-0.05, 0) is 19.2 Å². The summed E-state index contributed by atoms with van der Waals surface area (Å²) >= 11 is 0. The molecule has 0 saturated carbocycles. The molecule has 5 heteroatoms. The summed E-state index contributed by atoms with van der Waals surface area (Å²) in [6.07, 6.45) is 0. The average molecular weight is 231 g/mol. The number of nitrogens with zero attached hydrogens (tertiary/aromatic N) is 2. The molecule has 1 N–H and O–H groups in total. The third-order valence-electron chi connectivity index (χ3n) is 2.99. The van der Waals surface area contributed by atoms with Crippen LogP contribution in [-0.2, 0) is 0 Å². The summed E-state index contributed by atoms with van der Waals surface area (Å²) in [5, 5.41) is 7.53. The van der Waals surface area contributed by atoms with Crippen molar-refractivity contribution < 1.29 is 9.32 Å². The highest BCUT2D eigenvalue weighted by Gasteiger charge is 2.26. The number of carbonyl (C=O) groups excluding carboxylic acids is 1. The van der Waals surface area contributed by atoms with E-state index in [1.165, 1.54) is 0 Å². The van der Waals surface area contributed by atoms with Gasteiger partial charge in [-0.15, -0.1) is 0 Å². The molecule has 0 spiro atoms. The minimum absolute atomic E-state index is 0.159. The SMILES string of the molecule is CN1CC(NC(=O)c2noc3ccccc23)C1. The molecule has 0 bridgehead atoms. The Labute approximate surface area is 98.4 Å². The van der Waals surface area contributed by atoms with Crippen LogP contribution in [0.5, 0.6) is 0 Å². The van der Waals surface area contributed by atoms with Crippen LogP contribution >= 0.6 is 0 Å². The first-order valence-corrected chi connectivity index (χ1v) is 5.58. The fraction of sp³-hybridized carbons (Fsp3) is 0.333. The summed E-state index contributed by atoms with van der Waals surface area (Å²) in [6.45, 7) is 1.78. The molecule has 1 aliphatic rings. The van der Waals surface area contributed by atoms with Crippen molar-refractivity contribution in [1.82, 2.24) is 15.4 Å². The molecule has 1 saturated heterocycles. The van der Waals surface area contributed by atoms with Crippen LogP contribution in [0.3, 0.4) is 0 Å². The van der Waals surface area contributed by atoms with E-state index in [0.717, 1.165) is 18.5 Å². The van der Waals surface area contributed by atoms with Gasteiger partial charge in [0.25, 0.3) is 5.91 Å². The summed E-state index contributed by atoms with van der Waals surface area (Å²) in [7, 11) is 2.02. The van der Waals surface area contributed by atoms with E-state index >= 15 is 0 Å². The monoisotopic (exact) mass is 231 g/mol. The fourth-order valence-corrected chi connectivity index (χ4v) is 2.09. The maximum atomic E-state index is 12.0. The molecular weight excluding hydrogens is 218 g/mol. The quantitative estimate of drug-likeness (QED) is 0.833. The molecule has 0 unspecified atom stereocenters. The Morgan fingerprint density at radius 2 is 2.24 bits per heavy atom. The normalized spacial score (nSPS) is 17.0. The molecular formula is C12H13N3O2. The zero-order valence-corrected chi connectivity index (χ0v) is 9.51. The van der Waals surface area contributed by atoms with E-state index < -0.39 is 0 Å². The summed E-state index contributed by atoms with van der Waals surface area (Å²) in [6, 6.07) is 7.59. The Morgan fingerprint density at radius 3 is 3.00 bits per heavy atom. The number of amides is 1. The van der Waals surface area contributed by atoms with Crippen LogP contribution in [0.4, 0.5) is 0 Å². The molecule has 17 heavy (non-hydrogen) atoms. The maximum Gasteiger partial charge on any atom is 0.274 e. The molecule has 0 radical (unpaired) electrons. The van der Waals surface area contributed by atoms with E-state index in [4.69, 9.17) is 4.52 Å². The van der Waals surface area contributed by atoms with Crippen LogP contribution in [0.25, 0.3) is 11.0 Å². The van der Waals surface area contributed by atoms with E-state index in [0.29, 0.717) is 11.3 Å². The lowest BCUT2D eigenvalue weighted by atomic mass is 10.1. The van der Waals surface area contributed by atoms with E-state index in [1.54, 1.807) is 6.07 Å². The zero-order valence-electron chi connectivity index (χ0n) is 9.51. The standard InChI is InChI=1S/C12H13N3O2/c1-15-6-8(7-15)13-12(16)11-9-4-2-3-5-10(9)17-14-11/h2-5,8H,6-7H2,1H3,(H,13,16). The highest BCUT2D eigenvalue weighted by atomic mass is 16.5.